The van der Waals surface area contributed by atoms with E-state index in [9.17, 15) is 22.8 Å². The third-order valence-electron chi connectivity index (χ3n) is 4.41. The van der Waals surface area contributed by atoms with Crippen LogP contribution < -0.4 is 10.6 Å². The summed E-state index contributed by atoms with van der Waals surface area (Å²) in [7, 11) is -4.07. The first-order valence-corrected chi connectivity index (χ1v) is 11.5. The molecule has 1 unspecified atom stereocenters. The minimum atomic E-state index is -4.07. The molecule has 0 fully saturated rings. The van der Waals surface area contributed by atoms with Crippen molar-refractivity contribution in [2.75, 3.05) is 23.0 Å². The fourth-order valence-electron chi connectivity index (χ4n) is 2.88. The molecule has 0 saturated carbocycles. The summed E-state index contributed by atoms with van der Waals surface area (Å²) in [6, 6.07) is 12.9. The van der Waals surface area contributed by atoms with Crippen LogP contribution in [0.3, 0.4) is 0 Å². The van der Waals surface area contributed by atoms with Crippen molar-refractivity contribution < 1.29 is 27.5 Å². The molecule has 0 radical (unpaired) electrons. The first-order valence-electron chi connectivity index (χ1n) is 9.82. The highest BCUT2D eigenvalue weighted by Gasteiger charge is 2.33. The van der Waals surface area contributed by atoms with Gasteiger partial charge in [-0.25, -0.2) is 13.2 Å². The molecule has 2 amide bonds. The second kappa shape index (κ2) is 10.7. The number of rotatable bonds is 9. The second-order valence-electron chi connectivity index (χ2n) is 6.91. The Morgan fingerprint density at radius 1 is 0.968 bits per heavy atom. The van der Waals surface area contributed by atoms with Crippen LogP contribution in [0.5, 0.6) is 0 Å². The van der Waals surface area contributed by atoms with Gasteiger partial charge in [-0.15, -0.1) is 0 Å². The van der Waals surface area contributed by atoms with Gasteiger partial charge in [0.05, 0.1) is 12.2 Å². The number of carbonyl (C=O) groups is 3. The average molecular weight is 447 g/mol. The first kappa shape index (κ1) is 24.1. The zero-order valence-corrected chi connectivity index (χ0v) is 18.5. The van der Waals surface area contributed by atoms with Crippen molar-refractivity contribution in [3.8, 4) is 0 Å². The van der Waals surface area contributed by atoms with Gasteiger partial charge in [0, 0.05) is 11.4 Å². The maximum Gasteiger partial charge on any atom is 0.338 e. The van der Waals surface area contributed by atoms with Crippen molar-refractivity contribution in [2.45, 2.75) is 32.4 Å². The molecule has 2 aromatic carbocycles. The third kappa shape index (κ3) is 6.92. The van der Waals surface area contributed by atoms with Gasteiger partial charge >= 0.3 is 5.97 Å². The SMILES string of the molecule is CCOC(=O)c1cccc(NC(=O)C(CC)S(=O)(=O)CC(=O)Nc2ccc(C)cc2)c1. The minimum absolute atomic E-state index is 0.0104. The lowest BCUT2D eigenvalue weighted by molar-refractivity contribution is -0.115. The molecule has 1 atom stereocenters. The molecule has 0 aromatic heterocycles. The molecular weight excluding hydrogens is 420 g/mol. The number of carbonyl (C=O) groups excluding carboxylic acids is 3. The Morgan fingerprint density at radius 2 is 1.65 bits per heavy atom. The Labute approximate surface area is 181 Å². The molecule has 2 aromatic rings. The summed E-state index contributed by atoms with van der Waals surface area (Å²) in [5, 5.41) is 3.62. The molecule has 8 nitrogen and oxygen atoms in total. The summed E-state index contributed by atoms with van der Waals surface area (Å²) in [4.78, 5) is 36.7. The number of hydrogen-bond acceptors (Lipinski definition) is 6. The molecule has 0 aliphatic rings. The number of hydrogen-bond donors (Lipinski definition) is 2. The van der Waals surface area contributed by atoms with E-state index in [4.69, 9.17) is 4.74 Å². The van der Waals surface area contributed by atoms with E-state index >= 15 is 0 Å². The highest BCUT2D eigenvalue weighted by molar-refractivity contribution is 7.93. The molecule has 0 spiro atoms. The van der Waals surface area contributed by atoms with Crippen molar-refractivity contribution in [1.29, 1.82) is 0 Å². The Kier molecular flexibility index (Phi) is 8.32. The number of amides is 2. The van der Waals surface area contributed by atoms with Crippen LogP contribution in [-0.4, -0.2) is 43.8 Å². The van der Waals surface area contributed by atoms with Gasteiger partial charge in [0.2, 0.25) is 11.8 Å². The molecular formula is C22H26N2O6S. The fourth-order valence-corrected chi connectivity index (χ4v) is 4.41. The van der Waals surface area contributed by atoms with Gasteiger partial charge in [-0.05, 0) is 50.6 Å². The van der Waals surface area contributed by atoms with Crippen molar-refractivity contribution in [2.24, 2.45) is 0 Å². The maximum atomic E-state index is 12.7. The van der Waals surface area contributed by atoms with Crippen molar-refractivity contribution in [3.05, 3.63) is 59.7 Å². The molecule has 2 rings (SSSR count). The van der Waals surface area contributed by atoms with Gasteiger partial charge in [-0.1, -0.05) is 30.7 Å². The Hall–Kier alpha value is -3.20. The predicted molar refractivity (Wildman–Crippen MR) is 119 cm³/mol. The molecule has 0 aliphatic heterocycles. The normalized spacial score (nSPS) is 12.0. The molecule has 9 heteroatoms. The van der Waals surface area contributed by atoms with Crippen LogP contribution in [0.1, 0.15) is 36.2 Å². The zero-order chi connectivity index (χ0) is 23.0. The van der Waals surface area contributed by atoms with E-state index in [2.05, 4.69) is 10.6 Å². The summed E-state index contributed by atoms with van der Waals surface area (Å²) in [5.74, 6) is -2.87. The highest BCUT2D eigenvalue weighted by atomic mass is 32.2. The van der Waals surface area contributed by atoms with E-state index in [1.54, 1.807) is 44.2 Å². The molecule has 166 valence electrons. The standard InChI is InChI=1S/C22H26N2O6S/c1-4-19(21(26)24-18-8-6-7-16(13-18)22(27)30-5-2)31(28,29)14-20(25)23-17-11-9-15(3)10-12-17/h6-13,19H,4-5,14H2,1-3H3,(H,23,25)(H,24,26). The lowest BCUT2D eigenvalue weighted by atomic mass is 10.2. The summed E-state index contributed by atoms with van der Waals surface area (Å²) >= 11 is 0. The van der Waals surface area contributed by atoms with Gasteiger partial charge in [0.25, 0.3) is 0 Å². The van der Waals surface area contributed by atoms with E-state index in [0.29, 0.717) is 5.69 Å². The first-order chi connectivity index (χ1) is 14.7. The van der Waals surface area contributed by atoms with Crippen LogP contribution in [0.25, 0.3) is 0 Å². The molecule has 0 heterocycles. The lowest BCUT2D eigenvalue weighted by Crippen LogP contribution is -2.39. The summed E-state index contributed by atoms with van der Waals surface area (Å²) in [6.45, 7) is 5.32. The molecule has 0 saturated heterocycles. The molecule has 2 N–H and O–H groups in total. The van der Waals surface area contributed by atoms with E-state index in [1.807, 2.05) is 6.92 Å². The largest absolute Gasteiger partial charge is 0.462 e. The number of ether oxygens (including phenoxy) is 1. The van der Waals surface area contributed by atoms with Crippen LogP contribution in [0.4, 0.5) is 11.4 Å². The summed E-state index contributed by atoms with van der Waals surface area (Å²) in [5.41, 5.74) is 1.96. The Morgan fingerprint density at radius 3 is 2.26 bits per heavy atom. The van der Waals surface area contributed by atoms with Gasteiger partial charge in [-0.3, -0.25) is 9.59 Å². The van der Waals surface area contributed by atoms with Gasteiger partial charge in [0.1, 0.15) is 11.0 Å². The third-order valence-corrected chi connectivity index (χ3v) is 6.48. The van der Waals surface area contributed by atoms with Gasteiger partial charge in [0.15, 0.2) is 9.84 Å². The predicted octanol–water partition coefficient (Wildman–Crippen LogP) is 2.94. The van der Waals surface area contributed by atoms with Crippen molar-refractivity contribution in [3.63, 3.8) is 0 Å². The van der Waals surface area contributed by atoms with Crippen molar-refractivity contribution in [1.82, 2.24) is 0 Å². The van der Waals surface area contributed by atoms with Gasteiger partial charge in [-0.2, -0.15) is 0 Å². The van der Waals surface area contributed by atoms with E-state index in [1.165, 1.54) is 18.2 Å². The molecule has 0 aliphatic carbocycles. The average Bonchev–Trinajstić information content (AvgIpc) is 2.70. The Bertz CT molecular complexity index is 1050. The van der Waals surface area contributed by atoms with E-state index in [0.717, 1.165) is 5.56 Å². The number of sulfone groups is 1. The maximum absolute atomic E-state index is 12.7. The number of aryl methyl sites for hydroxylation is 1. The second-order valence-corrected chi connectivity index (χ2v) is 9.09. The minimum Gasteiger partial charge on any atom is -0.462 e. The van der Waals surface area contributed by atoms with Crippen LogP contribution >= 0.6 is 0 Å². The topological polar surface area (TPSA) is 119 Å². The molecule has 31 heavy (non-hydrogen) atoms. The smallest absolute Gasteiger partial charge is 0.338 e. The quantitative estimate of drug-likeness (QED) is 0.572. The zero-order valence-electron chi connectivity index (χ0n) is 17.7. The highest BCUT2D eigenvalue weighted by Crippen LogP contribution is 2.16. The lowest BCUT2D eigenvalue weighted by Gasteiger charge is -2.16. The number of benzene rings is 2. The van der Waals surface area contributed by atoms with Crippen LogP contribution in [0, 0.1) is 6.92 Å². The molecule has 0 bridgehead atoms. The summed E-state index contributed by atoms with van der Waals surface area (Å²) in [6.07, 6.45) is -0.0104. The number of anilines is 2. The van der Waals surface area contributed by atoms with Crippen LogP contribution in [0.15, 0.2) is 48.5 Å². The fraction of sp³-hybridized carbons (Fsp3) is 0.318. The van der Waals surface area contributed by atoms with Gasteiger partial charge < -0.3 is 15.4 Å². The summed E-state index contributed by atoms with van der Waals surface area (Å²) < 4.78 is 30.3. The van der Waals surface area contributed by atoms with E-state index < -0.39 is 38.6 Å². The number of esters is 1. The van der Waals surface area contributed by atoms with Crippen LogP contribution in [-0.2, 0) is 24.2 Å². The number of nitrogens with one attached hydrogen (secondary N) is 2. The monoisotopic (exact) mass is 446 g/mol. The van der Waals surface area contributed by atoms with E-state index in [-0.39, 0.29) is 24.3 Å². The Balaban J connectivity index is 2.08. The van der Waals surface area contributed by atoms with Crippen LogP contribution in [0.2, 0.25) is 0 Å². The van der Waals surface area contributed by atoms with Crippen molar-refractivity contribution >= 4 is 39.0 Å².